The van der Waals surface area contributed by atoms with Crippen molar-refractivity contribution in [2.45, 2.75) is 26.3 Å². The van der Waals surface area contributed by atoms with Crippen molar-refractivity contribution in [3.63, 3.8) is 0 Å². The van der Waals surface area contributed by atoms with Gasteiger partial charge in [-0.3, -0.25) is 9.59 Å². The Kier molecular flexibility index (Phi) is 6.70. The van der Waals surface area contributed by atoms with Crippen LogP contribution in [0.15, 0.2) is 0 Å². The Balaban J connectivity index is 3.46. The molecular weight excluding hydrogens is 194 g/mol. The highest BCUT2D eigenvalue weighted by Gasteiger charge is 2.05. The first-order valence-corrected chi connectivity index (χ1v) is 5.13. The summed E-state index contributed by atoms with van der Waals surface area (Å²) < 4.78 is 0. The Bertz CT molecular complexity index is 215. The minimum absolute atomic E-state index is 0.0395. The van der Waals surface area contributed by atoms with Gasteiger partial charge in [0.05, 0.1) is 6.54 Å². The largest absolute Gasteiger partial charge is 0.353 e. The number of carbonyl (C=O) groups is 2. The number of carbonyl (C=O) groups excluding carboxylic acids is 2. The number of rotatable bonds is 6. The van der Waals surface area contributed by atoms with Crippen molar-refractivity contribution < 1.29 is 9.59 Å². The Morgan fingerprint density at radius 1 is 1.27 bits per heavy atom. The van der Waals surface area contributed by atoms with Crippen molar-refractivity contribution in [1.82, 2.24) is 15.5 Å². The first-order valence-electron chi connectivity index (χ1n) is 5.13. The van der Waals surface area contributed by atoms with Gasteiger partial charge in [0, 0.05) is 33.1 Å². The van der Waals surface area contributed by atoms with Crippen LogP contribution in [-0.2, 0) is 9.59 Å². The summed E-state index contributed by atoms with van der Waals surface area (Å²) >= 11 is 0. The van der Waals surface area contributed by atoms with Crippen molar-refractivity contribution in [3.8, 4) is 0 Å². The first kappa shape index (κ1) is 13.9. The maximum atomic E-state index is 11.2. The second kappa shape index (κ2) is 7.23. The molecule has 0 spiro atoms. The number of hydrogen-bond donors (Lipinski definition) is 2. The molecule has 0 fully saturated rings. The molecule has 0 aromatic rings. The summed E-state index contributed by atoms with van der Waals surface area (Å²) in [7, 11) is 3.43. The van der Waals surface area contributed by atoms with Gasteiger partial charge in [0.2, 0.25) is 11.8 Å². The topological polar surface area (TPSA) is 61.4 Å². The molecule has 0 aliphatic rings. The minimum atomic E-state index is -0.0395. The van der Waals surface area contributed by atoms with Crippen molar-refractivity contribution >= 4 is 11.8 Å². The van der Waals surface area contributed by atoms with E-state index >= 15 is 0 Å². The normalized spacial score (nSPS) is 10.2. The molecule has 5 heteroatoms. The third-order valence-corrected chi connectivity index (χ3v) is 1.75. The lowest BCUT2D eigenvalue weighted by Crippen LogP contribution is -2.38. The smallest absolute Gasteiger partial charge is 0.234 e. The van der Waals surface area contributed by atoms with E-state index in [4.69, 9.17) is 0 Å². The van der Waals surface area contributed by atoms with Crippen molar-refractivity contribution in [3.05, 3.63) is 0 Å². The van der Waals surface area contributed by atoms with Gasteiger partial charge in [-0.05, 0) is 13.8 Å². The van der Waals surface area contributed by atoms with E-state index in [0.29, 0.717) is 13.0 Å². The minimum Gasteiger partial charge on any atom is -0.353 e. The molecule has 0 aliphatic carbocycles. The highest BCUT2D eigenvalue weighted by Crippen LogP contribution is 1.84. The van der Waals surface area contributed by atoms with Gasteiger partial charge in [-0.15, -0.1) is 0 Å². The number of hydrogen-bond acceptors (Lipinski definition) is 3. The van der Waals surface area contributed by atoms with Crippen molar-refractivity contribution in [2.24, 2.45) is 0 Å². The van der Waals surface area contributed by atoms with Crippen LogP contribution in [0, 0.1) is 0 Å². The van der Waals surface area contributed by atoms with Crippen LogP contribution < -0.4 is 10.6 Å². The van der Waals surface area contributed by atoms with Crippen molar-refractivity contribution in [2.75, 3.05) is 27.2 Å². The number of amides is 2. The van der Waals surface area contributed by atoms with Crippen LogP contribution in [0.25, 0.3) is 0 Å². The molecule has 0 radical (unpaired) electrons. The van der Waals surface area contributed by atoms with E-state index in [0.717, 1.165) is 0 Å². The van der Waals surface area contributed by atoms with Crippen LogP contribution in [0.2, 0.25) is 0 Å². The molecule has 88 valence electrons. The van der Waals surface area contributed by atoms with Gasteiger partial charge >= 0.3 is 0 Å². The van der Waals surface area contributed by atoms with Gasteiger partial charge in [0.25, 0.3) is 0 Å². The molecule has 0 rings (SSSR count). The molecule has 5 nitrogen and oxygen atoms in total. The van der Waals surface area contributed by atoms with Gasteiger partial charge in [0.15, 0.2) is 0 Å². The Morgan fingerprint density at radius 3 is 2.33 bits per heavy atom. The fourth-order valence-electron chi connectivity index (χ4n) is 0.994. The highest BCUT2D eigenvalue weighted by molar-refractivity contribution is 5.78. The quantitative estimate of drug-likeness (QED) is 0.592. The molecular formula is C10H21N3O2. The summed E-state index contributed by atoms with van der Waals surface area (Å²) in [6, 6.07) is 0.155. The van der Waals surface area contributed by atoms with E-state index in [1.165, 1.54) is 4.90 Å². The summed E-state index contributed by atoms with van der Waals surface area (Å²) in [5, 5.41) is 5.67. The lowest BCUT2D eigenvalue weighted by Gasteiger charge is -2.11. The summed E-state index contributed by atoms with van der Waals surface area (Å²) in [6.45, 7) is 4.61. The van der Waals surface area contributed by atoms with Crippen LogP contribution >= 0.6 is 0 Å². The fourth-order valence-corrected chi connectivity index (χ4v) is 0.994. The second-order valence-corrected chi connectivity index (χ2v) is 3.94. The average molecular weight is 215 g/mol. The predicted molar refractivity (Wildman–Crippen MR) is 59.5 cm³/mol. The zero-order valence-electron chi connectivity index (χ0n) is 9.96. The molecule has 0 saturated heterocycles. The first-order chi connectivity index (χ1) is 6.93. The third kappa shape index (κ3) is 7.93. The molecule has 0 saturated carbocycles. The molecule has 0 aliphatic heterocycles. The molecule has 0 heterocycles. The average Bonchev–Trinajstić information content (AvgIpc) is 2.10. The second-order valence-electron chi connectivity index (χ2n) is 3.94. The summed E-state index contributed by atoms with van der Waals surface area (Å²) in [5.41, 5.74) is 0. The number of nitrogens with zero attached hydrogens (tertiary/aromatic N) is 1. The van der Waals surface area contributed by atoms with Crippen LogP contribution in [0.3, 0.4) is 0 Å². The Labute approximate surface area is 91.2 Å². The summed E-state index contributed by atoms with van der Waals surface area (Å²) in [4.78, 5) is 23.9. The maximum Gasteiger partial charge on any atom is 0.234 e. The molecule has 2 N–H and O–H groups in total. The van der Waals surface area contributed by atoms with E-state index in [1.807, 2.05) is 13.8 Å². The third-order valence-electron chi connectivity index (χ3n) is 1.75. The fraction of sp³-hybridized carbons (Fsp3) is 0.800. The summed E-state index contributed by atoms with van der Waals surface area (Å²) in [5.74, 6) is 0.0223. The lowest BCUT2D eigenvalue weighted by molar-refractivity contribution is -0.128. The number of nitrogens with one attached hydrogen (secondary N) is 2. The van der Waals surface area contributed by atoms with Gasteiger partial charge < -0.3 is 15.5 Å². The zero-order chi connectivity index (χ0) is 11.8. The van der Waals surface area contributed by atoms with Crippen LogP contribution in [0.4, 0.5) is 0 Å². The molecule has 15 heavy (non-hydrogen) atoms. The monoisotopic (exact) mass is 215 g/mol. The molecule has 0 aromatic carbocycles. The van der Waals surface area contributed by atoms with E-state index in [1.54, 1.807) is 14.1 Å². The van der Waals surface area contributed by atoms with E-state index < -0.39 is 0 Å². The van der Waals surface area contributed by atoms with Crippen molar-refractivity contribution in [1.29, 1.82) is 0 Å². The van der Waals surface area contributed by atoms with Crippen LogP contribution in [0.5, 0.6) is 0 Å². The maximum absolute atomic E-state index is 11.2. The molecule has 0 unspecified atom stereocenters. The Morgan fingerprint density at radius 2 is 1.87 bits per heavy atom. The van der Waals surface area contributed by atoms with Gasteiger partial charge in [-0.1, -0.05) is 0 Å². The van der Waals surface area contributed by atoms with Crippen LogP contribution in [-0.4, -0.2) is 49.9 Å². The van der Waals surface area contributed by atoms with Gasteiger partial charge in [-0.25, -0.2) is 0 Å². The van der Waals surface area contributed by atoms with Gasteiger partial charge in [0.1, 0.15) is 0 Å². The van der Waals surface area contributed by atoms with E-state index in [9.17, 15) is 9.59 Å². The van der Waals surface area contributed by atoms with E-state index in [2.05, 4.69) is 10.6 Å². The zero-order valence-corrected chi connectivity index (χ0v) is 9.96. The summed E-state index contributed by atoms with van der Waals surface area (Å²) in [6.07, 6.45) is 0.419. The predicted octanol–water partition coefficient (Wildman–Crippen LogP) is -0.421. The highest BCUT2D eigenvalue weighted by atomic mass is 16.2. The Hall–Kier alpha value is -1.10. The van der Waals surface area contributed by atoms with Crippen LogP contribution in [0.1, 0.15) is 20.3 Å². The standard InChI is InChI=1S/C10H21N3O2/c1-8(2)12-9(14)7-11-6-5-10(15)13(3)4/h8,11H,5-7H2,1-4H3,(H,12,14). The molecule has 0 aromatic heterocycles. The SMILES string of the molecule is CC(C)NC(=O)CNCCC(=O)N(C)C. The lowest BCUT2D eigenvalue weighted by atomic mass is 10.3. The molecule has 2 amide bonds. The van der Waals surface area contributed by atoms with E-state index in [-0.39, 0.29) is 24.4 Å². The molecule has 0 atom stereocenters. The van der Waals surface area contributed by atoms with Gasteiger partial charge in [-0.2, -0.15) is 0 Å². The molecule has 0 bridgehead atoms.